The maximum atomic E-state index is 12.0. The van der Waals surface area contributed by atoms with Crippen LogP contribution >= 0.6 is 0 Å². The summed E-state index contributed by atoms with van der Waals surface area (Å²) >= 11 is 0. The normalized spacial score (nSPS) is 25.6. The highest BCUT2D eigenvalue weighted by molar-refractivity contribution is 5.76. The van der Waals surface area contributed by atoms with E-state index in [1.165, 1.54) is 45.2 Å². The van der Waals surface area contributed by atoms with Crippen molar-refractivity contribution in [3.63, 3.8) is 0 Å². The molecule has 0 spiro atoms. The van der Waals surface area contributed by atoms with Gasteiger partial charge in [-0.1, -0.05) is 19.8 Å². The summed E-state index contributed by atoms with van der Waals surface area (Å²) in [7, 11) is 0. The maximum absolute atomic E-state index is 12.0. The Morgan fingerprint density at radius 3 is 2.56 bits per heavy atom. The Morgan fingerprint density at radius 1 is 1.17 bits per heavy atom. The van der Waals surface area contributed by atoms with Gasteiger partial charge in [0.2, 0.25) is 5.91 Å². The summed E-state index contributed by atoms with van der Waals surface area (Å²) in [5.41, 5.74) is 0. The minimum atomic E-state index is 0.395. The van der Waals surface area contributed by atoms with Crippen molar-refractivity contribution in [1.82, 2.24) is 10.2 Å². The lowest BCUT2D eigenvalue weighted by Crippen LogP contribution is -2.40. The van der Waals surface area contributed by atoms with Gasteiger partial charge in [0.25, 0.3) is 0 Å². The van der Waals surface area contributed by atoms with Crippen molar-refractivity contribution in [2.45, 2.75) is 51.9 Å². The number of hydrogen-bond acceptors (Lipinski definition) is 2. The molecule has 0 aromatic heterocycles. The molecule has 1 atom stereocenters. The number of nitrogens with one attached hydrogen (secondary N) is 1. The number of carbonyl (C=O) groups is 1. The van der Waals surface area contributed by atoms with Gasteiger partial charge in [0.05, 0.1) is 0 Å². The van der Waals surface area contributed by atoms with Gasteiger partial charge in [-0.25, -0.2) is 0 Å². The van der Waals surface area contributed by atoms with Gasteiger partial charge in [-0.15, -0.1) is 0 Å². The standard InChI is InChI=1S/C15H28N2O/c1-2-3-4-5-15(18)17-10-7-13(8-11-17)14-6-9-16-12-14/h13-14,16H,2-12H2,1H3. The number of likely N-dealkylation sites (tertiary alicyclic amines) is 1. The second kappa shape index (κ2) is 7.13. The molecule has 18 heavy (non-hydrogen) atoms. The van der Waals surface area contributed by atoms with Crippen LogP contribution in [0.15, 0.2) is 0 Å². The van der Waals surface area contributed by atoms with E-state index in [1.807, 2.05) is 0 Å². The third kappa shape index (κ3) is 3.71. The van der Waals surface area contributed by atoms with Gasteiger partial charge in [0.15, 0.2) is 0 Å². The first-order chi connectivity index (χ1) is 8.81. The Hall–Kier alpha value is -0.570. The molecule has 2 saturated heterocycles. The van der Waals surface area contributed by atoms with E-state index in [9.17, 15) is 4.79 Å². The van der Waals surface area contributed by atoms with Crippen LogP contribution in [0.4, 0.5) is 0 Å². The first kappa shape index (κ1) is 13.9. The highest BCUT2D eigenvalue weighted by Gasteiger charge is 2.29. The number of rotatable bonds is 5. The summed E-state index contributed by atoms with van der Waals surface area (Å²) in [6.07, 6.45) is 8.03. The summed E-state index contributed by atoms with van der Waals surface area (Å²) < 4.78 is 0. The molecule has 0 saturated carbocycles. The van der Waals surface area contributed by atoms with E-state index < -0.39 is 0 Å². The molecule has 0 bridgehead atoms. The van der Waals surface area contributed by atoms with E-state index in [0.717, 1.165) is 37.8 Å². The van der Waals surface area contributed by atoms with Gasteiger partial charge in [0.1, 0.15) is 0 Å². The second-order valence-electron chi connectivity index (χ2n) is 5.93. The summed E-state index contributed by atoms with van der Waals surface area (Å²) in [4.78, 5) is 14.1. The molecule has 3 heteroatoms. The molecule has 2 fully saturated rings. The number of piperidine rings is 1. The molecule has 0 aromatic carbocycles. The fourth-order valence-corrected chi connectivity index (χ4v) is 3.38. The Balaban J connectivity index is 1.67. The molecule has 0 aliphatic carbocycles. The predicted octanol–water partition coefficient (Wildman–Crippen LogP) is 2.41. The third-order valence-electron chi connectivity index (χ3n) is 4.65. The largest absolute Gasteiger partial charge is 0.343 e. The van der Waals surface area contributed by atoms with Crippen LogP contribution < -0.4 is 5.32 Å². The van der Waals surface area contributed by atoms with Crippen LogP contribution in [0.5, 0.6) is 0 Å². The third-order valence-corrected chi connectivity index (χ3v) is 4.65. The molecular weight excluding hydrogens is 224 g/mol. The Kier molecular flexibility index (Phi) is 5.48. The SMILES string of the molecule is CCCCCC(=O)N1CCC(C2CCNC2)CC1. The first-order valence-electron chi connectivity index (χ1n) is 7.79. The second-order valence-corrected chi connectivity index (χ2v) is 5.93. The molecular formula is C15H28N2O. The molecule has 2 aliphatic heterocycles. The van der Waals surface area contributed by atoms with Crippen LogP contribution in [0.2, 0.25) is 0 Å². The zero-order valence-corrected chi connectivity index (χ0v) is 11.8. The van der Waals surface area contributed by atoms with Gasteiger partial charge < -0.3 is 10.2 Å². The van der Waals surface area contributed by atoms with E-state index in [2.05, 4.69) is 17.1 Å². The summed E-state index contributed by atoms with van der Waals surface area (Å²) in [6, 6.07) is 0. The maximum Gasteiger partial charge on any atom is 0.222 e. The summed E-state index contributed by atoms with van der Waals surface area (Å²) in [5, 5.41) is 3.46. The minimum absolute atomic E-state index is 0.395. The van der Waals surface area contributed by atoms with Crippen molar-refractivity contribution < 1.29 is 4.79 Å². The summed E-state index contributed by atoms with van der Waals surface area (Å²) in [6.45, 7) is 6.60. The van der Waals surface area contributed by atoms with Crippen LogP contribution in [0, 0.1) is 11.8 Å². The predicted molar refractivity (Wildman–Crippen MR) is 74.4 cm³/mol. The molecule has 0 radical (unpaired) electrons. The van der Waals surface area contributed by atoms with Crippen molar-refractivity contribution >= 4 is 5.91 Å². The van der Waals surface area contributed by atoms with Crippen molar-refractivity contribution in [3.8, 4) is 0 Å². The molecule has 104 valence electrons. The zero-order chi connectivity index (χ0) is 12.8. The van der Waals surface area contributed by atoms with E-state index >= 15 is 0 Å². The molecule has 2 heterocycles. The van der Waals surface area contributed by atoms with Crippen molar-refractivity contribution in [1.29, 1.82) is 0 Å². The van der Waals surface area contributed by atoms with E-state index in [4.69, 9.17) is 0 Å². The fraction of sp³-hybridized carbons (Fsp3) is 0.933. The number of amides is 1. The lowest BCUT2D eigenvalue weighted by atomic mass is 9.83. The molecule has 1 N–H and O–H groups in total. The van der Waals surface area contributed by atoms with Gasteiger partial charge in [0, 0.05) is 19.5 Å². The van der Waals surface area contributed by atoms with Crippen LogP contribution in [0.25, 0.3) is 0 Å². The molecule has 2 aliphatic rings. The lowest BCUT2D eigenvalue weighted by molar-refractivity contribution is -0.132. The fourth-order valence-electron chi connectivity index (χ4n) is 3.38. The van der Waals surface area contributed by atoms with Crippen LogP contribution in [0.3, 0.4) is 0 Å². The monoisotopic (exact) mass is 252 g/mol. The lowest BCUT2D eigenvalue weighted by Gasteiger charge is -2.34. The van der Waals surface area contributed by atoms with Crippen molar-refractivity contribution in [2.24, 2.45) is 11.8 Å². The number of unbranched alkanes of at least 4 members (excludes halogenated alkanes) is 2. The van der Waals surface area contributed by atoms with Gasteiger partial charge >= 0.3 is 0 Å². The zero-order valence-electron chi connectivity index (χ0n) is 11.8. The van der Waals surface area contributed by atoms with Gasteiger partial charge in [-0.3, -0.25) is 4.79 Å². The minimum Gasteiger partial charge on any atom is -0.343 e. The quantitative estimate of drug-likeness (QED) is 0.762. The molecule has 1 unspecified atom stereocenters. The Labute approximate surface area is 111 Å². The average molecular weight is 252 g/mol. The highest BCUT2D eigenvalue weighted by Crippen LogP contribution is 2.29. The number of nitrogens with zero attached hydrogens (tertiary/aromatic N) is 1. The Morgan fingerprint density at radius 2 is 1.94 bits per heavy atom. The van der Waals surface area contributed by atoms with E-state index in [-0.39, 0.29) is 0 Å². The molecule has 2 rings (SSSR count). The molecule has 0 aromatic rings. The summed E-state index contributed by atoms with van der Waals surface area (Å²) in [5.74, 6) is 2.13. The number of carbonyl (C=O) groups excluding carboxylic acids is 1. The van der Waals surface area contributed by atoms with Crippen LogP contribution in [0.1, 0.15) is 51.9 Å². The van der Waals surface area contributed by atoms with Crippen LogP contribution in [-0.4, -0.2) is 37.0 Å². The van der Waals surface area contributed by atoms with Crippen molar-refractivity contribution in [3.05, 3.63) is 0 Å². The smallest absolute Gasteiger partial charge is 0.222 e. The topological polar surface area (TPSA) is 32.3 Å². The van der Waals surface area contributed by atoms with Crippen LogP contribution in [-0.2, 0) is 4.79 Å². The molecule has 3 nitrogen and oxygen atoms in total. The highest BCUT2D eigenvalue weighted by atomic mass is 16.2. The van der Waals surface area contributed by atoms with Gasteiger partial charge in [-0.05, 0) is 50.6 Å². The van der Waals surface area contributed by atoms with Gasteiger partial charge in [-0.2, -0.15) is 0 Å². The average Bonchev–Trinajstić information content (AvgIpc) is 2.93. The van der Waals surface area contributed by atoms with E-state index in [0.29, 0.717) is 5.91 Å². The van der Waals surface area contributed by atoms with E-state index in [1.54, 1.807) is 0 Å². The molecule has 1 amide bonds. The number of hydrogen-bond donors (Lipinski definition) is 1. The van der Waals surface area contributed by atoms with Crippen molar-refractivity contribution in [2.75, 3.05) is 26.2 Å². The first-order valence-corrected chi connectivity index (χ1v) is 7.79. The Bertz CT molecular complexity index is 253.